The van der Waals surface area contributed by atoms with Gasteiger partial charge in [0, 0.05) is 6.42 Å². The molecule has 0 saturated carbocycles. The average molecular weight is 529 g/mol. The lowest BCUT2D eigenvalue weighted by molar-refractivity contribution is -0.861. The van der Waals surface area contributed by atoms with Gasteiger partial charge in [0.25, 0.3) is 0 Å². The van der Waals surface area contributed by atoms with Crippen LogP contribution in [0.5, 0.6) is 0 Å². The number of likely N-dealkylation sites (N-methyl/N-ethyl adjacent to an activating group) is 1. The van der Waals surface area contributed by atoms with Crippen molar-refractivity contribution in [3.63, 3.8) is 0 Å². The van der Waals surface area contributed by atoms with Gasteiger partial charge in [-0.15, -0.1) is 0 Å². The highest BCUT2D eigenvalue weighted by molar-refractivity contribution is 7.84. The van der Waals surface area contributed by atoms with E-state index in [4.69, 9.17) is 0 Å². The molecule has 5 heteroatoms. The van der Waals surface area contributed by atoms with E-state index >= 15 is 0 Å². The predicted octanol–water partition coefficient (Wildman–Crippen LogP) is 9.52. The van der Waals surface area contributed by atoms with Crippen LogP contribution in [0, 0.1) is 0 Å². The molecule has 1 unspecified atom stereocenters. The highest BCUT2D eigenvalue weighted by Crippen LogP contribution is 2.35. The molecule has 0 fully saturated rings. The van der Waals surface area contributed by atoms with E-state index in [1.54, 1.807) is 0 Å². The van der Waals surface area contributed by atoms with Crippen molar-refractivity contribution >= 4 is 19.2 Å². The van der Waals surface area contributed by atoms with Crippen molar-refractivity contribution in [2.45, 2.75) is 161 Å². The summed E-state index contributed by atoms with van der Waals surface area (Å²) in [5.41, 5.74) is -0.538. The molecule has 1 atom stereocenters. The van der Waals surface area contributed by atoms with Crippen molar-refractivity contribution < 1.29 is 19.0 Å². The lowest BCUT2D eigenvalue weighted by Gasteiger charge is -2.23. The third-order valence-electron chi connectivity index (χ3n) is 7.08. The Morgan fingerprint density at radius 2 is 0.778 bits per heavy atom. The Morgan fingerprint density at radius 1 is 0.500 bits per heavy atom. The first kappa shape index (κ1) is 35.7. The monoisotopic (exact) mass is 528 g/mol. The van der Waals surface area contributed by atoms with Gasteiger partial charge in [-0.05, 0) is 6.42 Å². The Bertz CT molecular complexity index is 518. The fraction of sp³-hybridized carbons (Fsp3) is 0.935. The molecule has 214 valence electrons. The Kier molecular flexibility index (Phi) is 24.8. The van der Waals surface area contributed by atoms with Crippen LogP contribution in [-0.2, 0) is 9.59 Å². The molecule has 0 amide bonds. The van der Waals surface area contributed by atoms with E-state index in [-0.39, 0.29) is 17.6 Å². The Balaban J connectivity index is 3.28. The zero-order valence-corrected chi connectivity index (χ0v) is 25.7. The normalized spacial score (nSPS) is 12.7. The first-order valence-corrected chi connectivity index (χ1v) is 16.9. The van der Waals surface area contributed by atoms with Crippen molar-refractivity contribution in [1.29, 1.82) is 0 Å². The van der Waals surface area contributed by atoms with E-state index < -0.39 is 8.15 Å². The van der Waals surface area contributed by atoms with E-state index in [0.717, 1.165) is 19.3 Å². The summed E-state index contributed by atoms with van der Waals surface area (Å²) < 4.78 is 0.449. The Labute approximate surface area is 226 Å². The van der Waals surface area contributed by atoms with Crippen LogP contribution in [0.25, 0.3) is 0 Å². The van der Waals surface area contributed by atoms with E-state index in [1.807, 2.05) is 21.1 Å². The van der Waals surface area contributed by atoms with Crippen molar-refractivity contribution in [2.24, 2.45) is 0 Å². The molecule has 0 aromatic heterocycles. The molecular formula is C31H63NO3P+. The highest BCUT2D eigenvalue weighted by Gasteiger charge is 2.28. The van der Waals surface area contributed by atoms with Crippen LogP contribution in [0.15, 0.2) is 0 Å². The number of hydrogen-bond acceptors (Lipinski definition) is 3. The summed E-state index contributed by atoms with van der Waals surface area (Å²) in [6, 6.07) is 0. The standard InChI is InChI=1S/C31H63NO3P/c1-5-6-7-8-9-10-11-12-13-14-15-16-17-18-19-20-21-22-23-24-25-26-27-28-30(33)36(35)31(34)29-32(2,3)4/h35H,5-29H2,1-4H3/q+1. The predicted molar refractivity (Wildman–Crippen MR) is 159 cm³/mol. The van der Waals surface area contributed by atoms with Crippen LogP contribution < -0.4 is 0 Å². The van der Waals surface area contributed by atoms with Gasteiger partial charge in [0.1, 0.15) is 6.54 Å². The first-order valence-electron chi connectivity index (χ1n) is 15.6. The van der Waals surface area contributed by atoms with Gasteiger partial charge in [-0.25, -0.2) is 0 Å². The van der Waals surface area contributed by atoms with Gasteiger partial charge in [0.15, 0.2) is 13.7 Å². The summed E-state index contributed by atoms with van der Waals surface area (Å²) in [6.45, 7) is 2.50. The summed E-state index contributed by atoms with van der Waals surface area (Å²) in [5, 5.41) is 0. The smallest absolute Gasteiger partial charge is 0.242 e. The maximum atomic E-state index is 12.0. The van der Waals surface area contributed by atoms with Crippen LogP contribution in [-0.4, -0.2) is 48.1 Å². The third kappa shape index (κ3) is 25.3. The van der Waals surface area contributed by atoms with Crippen LogP contribution in [0.3, 0.4) is 0 Å². The van der Waals surface area contributed by atoms with Crippen LogP contribution >= 0.6 is 8.15 Å². The van der Waals surface area contributed by atoms with Crippen molar-refractivity contribution in [3.8, 4) is 0 Å². The molecule has 0 spiro atoms. The molecule has 0 bridgehead atoms. The zero-order chi connectivity index (χ0) is 26.9. The molecule has 0 aliphatic heterocycles. The van der Waals surface area contributed by atoms with Gasteiger partial charge in [-0.3, -0.25) is 9.59 Å². The molecule has 0 radical (unpaired) electrons. The molecule has 4 nitrogen and oxygen atoms in total. The van der Waals surface area contributed by atoms with Crippen LogP contribution in [0.1, 0.15) is 161 Å². The van der Waals surface area contributed by atoms with E-state index in [0.29, 0.717) is 10.9 Å². The van der Waals surface area contributed by atoms with Gasteiger partial charge in [0.05, 0.1) is 21.1 Å². The topological polar surface area (TPSA) is 54.4 Å². The zero-order valence-electron chi connectivity index (χ0n) is 24.8. The summed E-state index contributed by atoms with van der Waals surface area (Å²) in [4.78, 5) is 34.0. The second kappa shape index (κ2) is 25.0. The van der Waals surface area contributed by atoms with Crippen molar-refractivity contribution in [2.75, 3.05) is 27.7 Å². The van der Waals surface area contributed by atoms with E-state index in [1.165, 1.54) is 128 Å². The third-order valence-corrected chi connectivity index (χ3v) is 8.39. The van der Waals surface area contributed by atoms with Crippen LogP contribution in [0.4, 0.5) is 0 Å². The molecule has 0 aliphatic carbocycles. The number of quaternary nitrogens is 1. The molecule has 0 aromatic rings. The molecule has 1 N–H and O–H groups in total. The Morgan fingerprint density at radius 3 is 1.06 bits per heavy atom. The minimum Gasteiger partial charge on any atom is -0.360 e. The van der Waals surface area contributed by atoms with Gasteiger partial charge in [-0.1, -0.05) is 148 Å². The van der Waals surface area contributed by atoms with E-state index in [2.05, 4.69) is 6.92 Å². The summed E-state index contributed by atoms with van der Waals surface area (Å²) in [6.07, 6.45) is 31.4. The van der Waals surface area contributed by atoms with Crippen LogP contribution in [0.2, 0.25) is 0 Å². The van der Waals surface area contributed by atoms with Gasteiger partial charge in [-0.2, -0.15) is 0 Å². The average Bonchev–Trinajstić information content (AvgIpc) is 2.82. The minimum atomic E-state index is -2.11. The molecule has 0 aliphatic rings. The van der Waals surface area contributed by atoms with Crippen molar-refractivity contribution in [1.82, 2.24) is 0 Å². The number of hydrogen-bond donors (Lipinski definition) is 1. The highest BCUT2D eigenvalue weighted by atomic mass is 31.1. The first-order chi connectivity index (χ1) is 17.3. The Hall–Kier alpha value is -0.310. The maximum absolute atomic E-state index is 12.0. The fourth-order valence-electron chi connectivity index (χ4n) is 4.78. The second-order valence-electron chi connectivity index (χ2n) is 12.1. The van der Waals surface area contributed by atoms with Gasteiger partial charge < -0.3 is 9.38 Å². The minimum absolute atomic E-state index is 0.216. The number of nitrogens with zero attached hydrogens (tertiary/aromatic N) is 1. The molecular weight excluding hydrogens is 465 g/mol. The molecule has 36 heavy (non-hydrogen) atoms. The largest absolute Gasteiger partial charge is 0.360 e. The summed E-state index contributed by atoms with van der Waals surface area (Å²) in [7, 11) is 3.58. The fourth-order valence-corrected chi connectivity index (χ4v) is 5.99. The van der Waals surface area contributed by atoms with Gasteiger partial charge >= 0.3 is 0 Å². The van der Waals surface area contributed by atoms with Crippen molar-refractivity contribution in [3.05, 3.63) is 0 Å². The SMILES string of the molecule is CCCCCCCCCCCCCCCCCCCCCCCCCC(=O)P(O)C(=O)C[N+](C)(C)C. The second-order valence-corrected chi connectivity index (χ2v) is 13.7. The number of rotatable bonds is 28. The van der Waals surface area contributed by atoms with E-state index in [9.17, 15) is 14.5 Å². The maximum Gasteiger partial charge on any atom is 0.242 e. The molecule has 0 saturated heterocycles. The quantitative estimate of drug-likeness (QED) is 0.0625. The molecule has 0 heterocycles. The molecule has 0 rings (SSSR count). The molecule has 0 aromatic carbocycles. The lowest BCUT2D eigenvalue weighted by atomic mass is 10.0. The lowest BCUT2D eigenvalue weighted by Crippen LogP contribution is -2.39. The number of carbonyl (C=O) groups excluding carboxylic acids is 2. The summed E-state index contributed by atoms with van der Waals surface area (Å²) in [5.74, 6) is 0. The number of carbonyl (C=O) groups is 2. The summed E-state index contributed by atoms with van der Waals surface area (Å²) >= 11 is 0. The number of unbranched alkanes of at least 4 members (excludes halogenated alkanes) is 22. The van der Waals surface area contributed by atoms with Gasteiger partial charge in [0.2, 0.25) is 5.52 Å².